The van der Waals surface area contributed by atoms with Crippen molar-refractivity contribution in [2.24, 2.45) is 22.7 Å². The maximum atomic E-state index is 12.1. The lowest BCUT2D eigenvalue weighted by Gasteiger charge is -2.21. The summed E-state index contributed by atoms with van der Waals surface area (Å²) < 4.78 is 4.93. The lowest BCUT2D eigenvalue weighted by atomic mass is 9.99. The van der Waals surface area contributed by atoms with Crippen LogP contribution in [0.3, 0.4) is 0 Å². The second-order valence-electron chi connectivity index (χ2n) is 7.68. The van der Waals surface area contributed by atoms with Crippen molar-refractivity contribution in [1.82, 2.24) is 10.2 Å². The van der Waals surface area contributed by atoms with Crippen LogP contribution in [0, 0.1) is 17.8 Å². The minimum absolute atomic E-state index is 0. The molecule has 0 aliphatic carbocycles. The number of methoxy groups -OCH3 is 1. The Bertz CT molecular complexity index is 741. The molecule has 1 aromatic carbocycles. The molecule has 1 amide bonds. The summed E-state index contributed by atoms with van der Waals surface area (Å²) in [5.74, 6) is 0.715. The molecule has 1 heterocycles. The first kappa shape index (κ1) is 26.2. The number of carbonyl (C=O) groups is 2. The van der Waals surface area contributed by atoms with Crippen LogP contribution in [0.25, 0.3) is 0 Å². The van der Waals surface area contributed by atoms with Crippen molar-refractivity contribution in [3.63, 3.8) is 0 Å². The third-order valence-corrected chi connectivity index (χ3v) is 5.42. The smallest absolute Gasteiger partial charge is 0.310 e. The number of carbonyl (C=O) groups excluding carboxylic acids is 2. The van der Waals surface area contributed by atoms with Crippen molar-refractivity contribution in [2.45, 2.75) is 40.7 Å². The SMILES string of the molecule is CCNC(=NCc1cccc(NC(=O)C(C)CC)c1)N1CC(C)C(C(=O)OC)C1.I. The van der Waals surface area contributed by atoms with Crippen molar-refractivity contribution in [2.75, 3.05) is 32.1 Å². The van der Waals surface area contributed by atoms with Gasteiger partial charge in [-0.25, -0.2) is 4.99 Å². The summed E-state index contributed by atoms with van der Waals surface area (Å²) in [7, 11) is 1.43. The van der Waals surface area contributed by atoms with Gasteiger partial charge in [-0.15, -0.1) is 24.0 Å². The van der Waals surface area contributed by atoms with Crippen LogP contribution in [-0.4, -0.2) is 49.5 Å². The summed E-state index contributed by atoms with van der Waals surface area (Å²) in [4.78, 5) is 31.0. The van der Waals surface area contributed by atoms with Crippen LogP contribution in [0.15, 0.2) is 29.3 Å². The summed E-state index contributed by atoms with van der Waals surface area (Å²) in [6, 6.07) is 7.77. The third kappa shape index (κ3) is 7.14. The van der Waals surface area contributed by atoms with Crippen LogP contribution < -0.4 is 10.6 Å². The summed E-state index contributed by atoms with van der Waals surface area (Å²) in [5, 5.41) is 6.28. The number of hydrogen-bond donors (Lipinski definition) is 2. The Morgan fingerprint density at radius 3 is 2.67 bits per heavy atom. The maximum absolute atomic E-state index is 12.1. The quantitative estimate of drug-likeness (QED) is 0.244. The molecule has 1 aliphatic heterocycles. The zero-order chi connectivity index (χ0) is 21.4. The first-order valence-electron chi connectivity index (χ1n) is 10.4. The number of likely N-dealkylation sites (tertiary alicyclic amines) is 1. The minimum atomic E-state index is -0.166. The van der Waals surface area contributed by atoms with Gasteiger partial charge >= 0.3 is 5.97 Å². The number of rotatable bonds is 7. The van der Waals surface area contributed by atoms with Gasteiger partial charge in [0.05, 0.1) is 19.6 Å². The van der Waals surface area contributed by atoms with Gasteiger partial charge in [0.2, 0.25) is 5.91 Å². The summed E-state index contributed by atoms with van der Waals surface area (Å²) in [6.07, 6.45) is 0.808. The van der Waals surface area contributed by atoms with Crippen molar-refractivity contribution in [3.05, 3.63) is 29.8 Å². The Morgan fingerprint density at radius 1 is 1.30 bits per heavy atom. The number of ether oxygens (including phenoxy) is 1. The number of hydrogen-bond acceptors (Lipinski definition) is 4. The van der Waals surface area contributed by atoms with Crippen LogP contribution in [-0.2, 0) is 20.9 Å². The van der Waals surface area contributed by atoms with Gasteiger partial charge in [0, 0.05) is 31.2 Å². The molecule has 0 aromatic heterocycles. The van der Waals surface area contributed by atoms with E-state index in [-0.39, 0.29) is 53.6 Å². The molecule has 3 unspecified atom stereocenters. The molecule has 1 aliphatic rings. The molecule has 30 heavy (non-hydrogen) atoms. The van der Waals surface area contributed by atoms with Gasteiger partial charge in [-0.3, -0.25) is 9.59 Å². The van der Waals surface area contributed by atoms with E-state index >= 15 is 0 Å². The van der Waals surface area contributed by atoms with Crippen LogP contribution >= 0.6 is 24.0 Å². The van der Waals surface area contributed by atoms with Crippen LogP contribution in [0.1, 0.15) is 39.7 Å². The minimum Gasteiger partial charge on any atom is -0.469 e. The number of aliphatic imine (C=N–C) groups is 1. The van der Waals surface area contributed by atoms with Crippen molar-refractivity contribution >= 4 is 47.5 Å². The van der Waals surface area contributed by atoms with Gasteiger partial charge in [0.15, 0.2) is 5.96 Å². The predicted octanol–water partition coefficient (Wildman–Crippen LogP) is 3.50. The van der Waals surface area contributed by atoms with E-state index in [2.05, 4.69) is 22.5 Å². The fourth-order valence-corrected chi connectivity index (χ4v) is 3.39. The number of nitrogens with zero attached hydrogens (tertiary/aromatic N) is 2. The molecule has 0 saturated carbocycles. The fourth-order valence-electron chi connectivity index (χ4n) is 3.39. The highest BCUT2D eigenvalue weighted by Gasteiger charge is 2.36. The van der Waals surface area contributed by atoms with Gasteiger partial charge in [0.25, 0.3) is 0 Å². The monoisotopic (exact) mass is 530 g/mol. The molecule has 8 heteroatoms. The normalized spacial score (nSPS) is 19.6. The number of halogens is 1. The van der Waals surface area contributed by atoms with Gasteiger partial charge in [0.1, 0.15) is 0 Å². The third-order valence-electron chi connectivity index (χ3n) is 5.42. The highest BCUT2D eigenvalue weighted by molar-refractivity contribution is 14.0. The predicted molar refractivity (Wildman–Crippen MR) is 131 cm³/mol. The number of nitrogens with one attached hydrogen (secondary N) is 2. The molecule has 1 aromatic rings. The molecular weight excluding hydrogens is 495 g/mol. The molecule has 1 fully saturated rings. The highest BCUT2D eigenvalue weighted by Crippen LogP contribution is 2.24. The Morgan fingerprint density at radius 2 is 2.03 bits per heavy atom. The van der Waals surface area contributed by atoms with Crippen LogP contribution in [0.5, 0.6) is 0 Å². The molecule has 168 valence electrons. The topological polar surface area (TPSA) is 83.0 Å². The molecule has 1 saturated heterocycles. The van der Waals surface area contributed by atoms with Crippen LogP contribution in [0.2, 0.25) is 0 Å². The largest absolute Gasteiger partial charge is 0.469 e. The second-order valence-corrected chi connectivity index (χ2v) is 7.68. The number of guanidine groups is 1. The van der Waals surface area contributed by atoms with Gasteiger partial charge in [-0.05, 0) is 37.0 Å². The van der Waals surface area contributed by atoms with Gasteiger partial charge < -0.3 is 20.3 Å². The first-order valence-corrected chi connectivity index (χ1v) is 10.4. The summed E-state index contributed by atoms with van der Waals surface area (Å²) >= 11 is 0. The van der Waals surface area contributed by atoms with Gasteiger partial charge in [-0.2, -0.15) is 0 Å². The zero-order valence-electron chi connectivity index (χ0n) is 18.6. The number of amides is 1. The van der Waals surface area contributed by atoms with Crippen molar-refractivity contribution in [3.8, 4) is 0 Å². The van der Waals surface area contributed by atoms with E-state index in [0.717, 1.165) is 36.7 Å². The Labute approximate surface area is 197 Å². The second kappa shape index (κ2) is 12.8. The van der Waals surface area contributed by atoms with Crippen molar-refractivity contribution < 1.29 is 14.3 Å². The van der Waals surface area contributed by atoms with E-state index in [1.54, 1.807) is 0 Å². The molecule has 0 bridgehead atoms. The Balaban J connectivity index is 0.00000450. The van der Waals surface area contributed by atoms with Gasteiger partial charge in [-0.1, -0.05) is 32.9 Å². The molecule has 7 nitrogen and oxygen atoms in total. The lowest BCUT2D eigenvalue weighted by Crippen LogP contribution is -2.40. The van der Waals surface area contributed by atoms with Crippen LogP contribution in [0.4, 0.5) is 5.69 Å². The Hall–Kier alpha value is -1.84. The molecule has 0 spiro atoms. The van der Waals surface area contributed by atoms with E-state index < -0.39 is 0 Å². The number of anilines is 1. The molecular formula is C22H35IN4O3. The van der Waals surface area contributed by atoms with E-state index in [9.17, 15) is 9.59 Å². The standard InChI is InChI=1S/C22H34N4O3.HI/c1-6-15(3)20(27)25-18-10-8-9-17(11-18)12-24-22(23-7-2)26-13-16(4)19(14-26)21(28)29-5;/h8-11,15-16,19H,6-7,12-14H2,1-5H3,(H,23,24)(H,25,27);1H. The average molecular weight is 530 g/mol. The molecule has 2 N–H and O–H groups in total. The molecule has 0 radical (unpaired) electrons. The lowest BCUT2D eigenvalue weighted by molar-refractivity contribution is -0.146. The fraction of sp³-hybridized carbons (Fsp3) is 0.591. The van der Waals surface area contributed by atoms with E-state index in [1.807, 2.05) is 45.0 Å². The zero-order valence-corrected chi connectivity index (χ0v) is 20.9. The van der Waals surface area contributed by atoms with E-state index in [4.69, 9.17) is 9.73 Å². The summed E-state index contributed by atoms with van der Waals surface area (Å²) in [5.41, 5.74) is 1.80. The van der Waals surface area contributed by atoms with E-state index in [0.29, 0.717) is 13.1 Å². The average Bonchev–Trinajstić information content (AvgIpc) is 3.11. The summed E-state index contributed by atoms with van der Waals surface area (Å²) in [6.45, 7) is 10.6. The van der Waals surface area contributed by atoms with Crippen molar-refractivity contribution in [1.29, 1.82) is 0 Å². The number of benzene rings is 1. The Kier molecular flexibility index (Phi) is 11.1. The maximum Gasteiger partial charge on any atom is 0.310 e. The highest BCUT2D eigenvalue weighted by atomic mass is 127. The van der Waals surface area contributed by atoms with E-state index in [1.165, 1.54) is 7.11 Å². The number of esters is 1. The first-order chi connectivity index (χ1) is 13.9. The molecule has 2 rings (SSSR count). The molecule has 3 atom stereocenters.